The molecule has 0 atom stereocenters. The van der Waals surface area contributed by atoms with Gasteiger partial charge >= 0.3 is 0 Å². The van der Waals surface area contributed by atoms with Crippen LogP contribution in [0, 0.1) is 0 Å². The van der Waals surface area contributed by atoms with Crippen LogP contribution in [0.2, 0.25) is 0 Å². The Balaban J connectivity index is 1.57. The van der Waals surface area contributed by atoms with Crippen LogP contribution in [0.1, 0.15) is 24.8 Å². The number of phenols is 1. The van der Waals surface area contributed by atoms with Gasteiger partial charge in [0, 0.05) is 0 Å². The average Bonchev–Trinajstić information content (AvgIpc) is 2.76. The molecule has 29 heavy (non-hydrogen) atoms. The first-order valence-electron chi connectivity index (χ1n) is 10.2. The van der Waals surface area contributed by atoms with Crippen LogP contribution in [0.5, 0.6) is 17.2 Å². The number of fused-ring (bicyclic) bond motifs is 2. The van der Waals surface area contributed by atoms with E-state index in [0.717, 1.165) is 18.7 Å². The molecule has 2 N–H and O–H groups in total. The summed E-state index contributed by atoms with van der Waals surface area (Å²) < 4.78 is 17.1. The van der Waals surface area contributed by atoms with E-state index >= 15 is 0 Å². The van der Waals surface area contributed by atoms with Crippen molar-refractivity contribution < 1.29 is 23.9 Å². The van der Waals surface area contributed by atoms with Gasteiger partial charge in [0.1, 0.15) is 37.4 Å². The second kappa shape index (κ2) is 7.44. The summed E-state index contributed by atoms with van der Waals surface area (Å²) in [7, 11) is 0. The number of rotatable bonds is 3. The summed E-state index contributed by atoms with van der Waals surface area (Å²) in [5.41, 5.74) is 2.27. The highest BCUT2D eigenvalue weighted by Crippen LogP contribution is 2.34. The predicted octanol–water partition coefficient (Wildman–Crippen LogP) is 2.51. The minimum absolute atomic E-state index is 0.113. The number of hydrogen-bond acceptors (Lipinski definition) is 5. The monoisotopic (exact) mass is 394 g/mol. The molecule has 0 unspecified atom stereocenters. The molecular weight excluding hydrogens is 370 g/mol. The molecule has 0 spiro atoms. The van der Waals surface area contributed by atoms with Crippen molar-refractivity contribution in [1.82, 2.24) is 0 Å². The van der Waals surface area contributed by atoms with Crippen molar-refractivity contribution in [3.05, 3.63) is 52.4 Å². The van der Waals surface area contributed by atoms with E-state index in [9.17, 15) is 9.90 Å². The Labute approximate surface area is 168 Å². The van der Waals surface area contributed by atoms with Crippen LogP contribution >= 0.6 is 0 Å². The van der Waals surface area contributed by atoms with Gasteiger partial charge in [-0.15, -0.1) is 0 Å². The third-order valence-corrected chi connectivity index (χ3v) is 5.86. The third-order valence-electron chi connectivity index (χ3n) is 5.86. The zero-order valence-corrected chi connectivity index (χ0v) is 16.2. The maximum atomic E-state index is 13.2. The topological polar surface area (TPSA) is 73.3 Å². The highest BCUT2D eigenvalue weighted by molar-refractivity contribution is 5.85. The minimum Gasteiger partial charge on any atom is -0.507 e. The lowest BCUT2D eigenvalue weighted by Crippen LogP contribution is -3.11. The summed E-state index contributed by atoms with van der Waals surface area (Å²) in [4.78, 5) is 14.6. The van der Waals surface area contributed by atoms with Gasteiger partial charge in [-0.3, -0.25) is 4.79 Å². The van der Waals surface area contributed by atoms with Crippen molar-refractivity contribution in [3.63, 3.8) is 0 Å². The van der Waals surface area contributed by atoms with Crippen LogP contribution in [0.4, 0.5) is 0 Å². The van der Waals surface area contributed by atoms with Crippen molar-refractivity contribution >= 4 is 11.0 Å². The second-order valence-electron chi connectivity index (χ2n) is 7.76. The molecule has 6 heteroatoms. The fourth-order valence-corrected chi connectivity index (χ4v) is 4.31. The number of hydrogen-bond donors (Lipinski definition) is 2. The van der Waals surface area contributed by atoms with Crippen LogP contribution in [0.15, 0.2) is 45.8 Å². The summed E-state index contributed by atoms with van der Waals surface area (Å²) in [6, 6.07) is 8.71. The molecule has 1 fully saturated rings. The van der Waals surface area contributed by atoms with Gasteiger partial charge in [0.15, 0.2) is 11.5 Å². The fraction of sp³-hybridized carbons (Fsp3) is 0.348. The van der Waals surface area contributed by atoms with Crippen LogP contribution in [-0.2, 0) is 6.54 Å². The Hall–Kier alpha value is -2.99. The molecule has 0 amide bonds. The molecule has 2 aliphatic rings. The maximum absolute atomic E-state index is 13.2. The SMILES string of the molecule is O=c1c(-c2ccc3c(c2)OCCO3)coc2c(C[NH+]3CCCCC3)c(O)ccc12. The van der Waals surface area contributed by atoms with Crippen molar-refractivity contribution in [2.24, 2.45) is 0 Å². The molecule has 6 nitrogen and oxygen atoms in total. The van der Waals surface area contributed by atoms with E-state index < -0.39 is 0 Å². The smallest absolute Gasteiger partial charge is 0.200 e. The molecule has 150 valence electrons. The van der Waals surface area contributed by atoms with Gasteiger partial charge in [-0.25, -0.2) is 0 Å². The number of likely N-dealkylation sites (tertiary alicyclic amines) is 1. The van der Waals surface area contributed by atoms with E-state index in [0.29, 0.717) is 53.4 Å². The molecule has 3 aromatic rings. The Bertz CT molecular complexity index is 1110. The van der Waals surface area contributed by atoms with Gasteiger partial charge in [-0.2, -0.15) is 0 Å². The van der Waals surface area contributed by atoms with Crippen molar-refractivity contribution in [2.75, 3.05) is 26.3 Å². The Kier molecular flexibility index (Phi) is 4.64. The molecule has 1 saturated heterocycles. The van der Waals surface area contributed by atoms with E-state index in [4.69, 9.17) is 13.9 Å². The van der Waals surface area contributed by atoms with Crippen molar-refractivity contribution in [2.45, 2.75) is 25.8 Å². The first-order chi connectivity index (χ1) is 14.2. The molecule has 3 heterocycles. The number of phenolic OH excluding ortho intramolecular Hbond substituents is 1. The quantitative estimate of drug-likeness (QED) is 0.714. The largest absolute Gasteiger partial charge is 0.507 e. The molecule has 0 radical (unpaired) electrons. The van der Waals surface area contributed by atoms with E-state index in [2.05, 4.69) is 0 Å². The fourth-order valence-electron chi connectivity index (χ4n) is 4.31. The first-order valence-corrected chi connectivity index (χ1v) is 10.2. The second-order valence-corrected chi connectivity index (χ2v) is 7.76. The molecule has 5 rings (SSSR count). The van der Waals surface area contributed by atoms with E-state index in [1.807, 2.05) is 18.2 Å². The standard InChI is InChI=1S/C23H23NO5/c25-19-6-5-16-22(26)18(15-4-7-20-21(12-15)28-11-10-27-20)14-29-23(16)17(19)13-24-8-2-1-3-9-24/h4-7,12,14,25H,1-3,8-11,13H2/p+1. The van der Waals surface area contributed by atoms with Crippen LogP contribution in [0.25, 0.3) is 22.1 Å². The lowest BCUT2D eigenvalue weighted by molar-refractivity contribution is -0.918. The van der Waals surface area contributed by atoms with Gasteiger partial charge in [0.25, 0.3) is 0 Å². The Morgan fingerprint density at radius 3 is 2.59 bits per heavy atom. The van der Waals surface area contributed by atoms with Crippen molar-refractivity contribution in [3.8, 4) is 28.4 Å². The minimum atomic E-state index is -0.113. The summed E-state index contributed by atoms with van der Waals surface area (Å²) in [6.07, 6.45) is 5.14. The first kappa shape index (κ1) is 18.1. The average molecular weight is 394 g/mol. The van der Waals surface area contributed by atoms with E-state index in [1.54, 1.807) is 12.1 Å². The normalized spacial score (nSPS) is 16.8. The zero-order chi connectivity index (χ0) is 19.8. The lowest BCUT2D eigenvalue weighted by Gasteiger charge is -2.24. The number of benzene rings is 2. The number of quaternary nitrogens is 1. The number of nitrogens with one attached hydrogen (secondary N) is 1. The Morgan fingerprint density at radius 2 is 1.76 bits per heavy atom. The van der Waals surface area contributed by atoms with Gasteiger partial charge in [-0.1, -0.05) is 6.07 Å². The summed E-state index contributed by atoms with van der Waals surface area (Å²) in [5.74, 6) is 1.50. The molecule has 0 aliphatic carbocycles. The van der Waals surface area contributed by atoms with Gasteiger partial charge in [-0.05, 0) is 49.1 Å². The lowest BCUT2D eigenvalue weighted by atomic mass is 10.0. The molecule has 0 bridgehead atoms. The number of aromatic hydroxyl groups is 1. The molecule has 0 saturated carbocycles. The predicted molar refractivity (Wildman–Crippen MR) is 109 cm³/mol. The highest BCUT2D eigenvalue weighted by atomic mass is 16.6. The number of piperidine rings is 1. The molecular formula is C23H24NO5+. The Morgan fingerprint density at radius 1 is 0.966 bits per heavy atom. The van der Waals surface area contributed by atoms with Crippen LogP contribution < -0.4 is 19.8 Å². The van der Waals surface area contributed by atoms with E-state index in [1.165, 1.54) is 30.4 Å². The summed E-state index contributed by atoms with van der Waals surface area (Å²) in [5, 5.41) is 10.9. The zero-order valence-electron chi connectivity index (χ0n) is 16.2. The highest BCUT2D eigenvalue weighted by Gasteiger charge is 2.21. The molecule has 1 aromatic heterocycles. The molecule has 2 aliphatic heterocycles. The van der Waals surface area contributed by atoms with Gasteiger partial charge in [0.05, 0.1) is 29.6 Å². The van der Waals surface area contributed by atoms with Crippen molar-refractivity contribution in [1.29, 1.82) is 0 Å². The molecule has 2 aromatic carbocycles. The van der Waals surface area contributed by atoms with Crippen LogP contribution in [0.3, 0.4) is 0 Å². The van der Waals surface area contributed by atoms with Gasteiger partial charge in [0.2, 0.25) is 5.43 Å². The number of ether oxygens (including phenoxy) is 2. The summed E-state index contributed by atoms with van der Waals surface area (Å²) >= 11 is 0. The maximum Gasteiger partial charge on any atom is 0.200 e. The van der Waals surface area contributed by atoms with Gasteiger partial charge < -0.3 is 23.9 Å². The van der Waals surface area contributed by atoms with E-state index in [-0.39, 0.29) is 11.2 Å². The summed E-state index contributed by atoms with van der Waals surface area (Å²) in [6.45, 7) is 3.83. The third kappa shape index (κ3) is 3.34. The van der Waals surface area contributed by atoms with Crippen LogP contribution in [-0.4, -0.2) is 31.4 Å².